The molecule has 1 fully saturated rings. The second kappa shape index (κ2) is 5.06. The molecule has 0 bridgehead atoms. The lowest BCUT2D eigenvalue weighted by Gasteiger charge is -2.24. The van der Waals surface area contributed by atoms with Crippen molar-refractivity contribution in [3.63, 3.8) is 0 Å². The molecule has 100 valence electrons. The molecular formula is C14H13F2NO2. The Kier molecular flexibility index (Phi) is 3.63. The molecule has 1 aromatic carbocycles. The molecule has 0 aliphatic carbocycles. The Hall–Kier alpha value is -1.80. The second-order valence-corrected chi connectivity index (χ2v) is 4.81. The van der Waals surface area contributed by atoms with Crippen molar-refractivity contribution < 1.29 is 18.3 Å². The summed E-state index contributed by atoms with van der Waals surface area (Å²) in [6, 6.07) is 4.53. The van der Waals surface area contributed by atoms with Gasteiger partial charge in [-0.15, -0.1) is 0 Å². The summed E-state index contributed by atoms with van der Waals surface area (Å²) < 4.78 is 31.7. The molecule has 1 saturated heterocycles. The van der Waals surface area contributed by atoms with Gasteiger partial charge in [0, 0.05) is 12.7 Å². The van der Waals surface area contributed by atoms with E-state index in [2.05, 4.69) is 0 Å². The lowest BCUT2D eigenvalue weighted by atomic mass is 9.84. The largest absolute Gasteiger partial charge is 0.367 e. The number of halogens is 2. The minimum atomic E-state index is -1.21. The highest BCUT2D eigenvalue weighted by molar-refractivity contribution is 5.95. The van der Waals surface area contributed by atoms with Crippen LogP contribution in [0.25, 0.3) is 0 Å². The third-order valence-corrected chi connectivity index (χ3v) is 3.35. The fourth-order valence-electron chi connectivity index (χ4n) is 2.31. The van der Waals surface area contributed by atoms with E-state index in [1.54, 1.807) is 6.92 Å². The van der Waals surface area contributed by atoms with Crippen molar-refractivity contribution in [2.75, 3.05) is 6.61 Å². The third-order valence-electron chi connectivity index (χ3n) is 3.35. The molecule has 2 unspecified atom stereocenters. The van der Waals surface area contributed by atoms with Crippen molar-refractivity contribution in [1.82, 2.24) is 0 Å². The van der Waals surface area contributed by atoms with Gasteiger partial charge in [0.1, 0.15) is 23.2 Å². The van der Waals surface area contributed by atoms with Crippen LogP contribution in [0.1, 0.15) is 31.2 Å². The average Bonchev–Trinajstić information content (AvgIpc) is 2.77. The summed E-state index contributed by atoms with van der Waals surface area (Å²) >= 11 is 0. The molecule has 1 aliphatic rings. The van der Waals surface area contributed by atoms with Gasteiger partial charge in [-0.1, -0.05) is 0 Å². The summed E-state index contributed by atoms with van der Waals surface area (Å²) in [7, 11) is 0. The van der Waals surface area contributed by atoms with Crippen molar-refractivity contribution >= 4 is 5.78 Å². The van der Waals surface area contributed by atoms with Crippen LogP contribution < -0.4 is 0 Å². The SMILES string of the molecule is CC1(C(=O)C(C#N)c2cc(F)cc(F)c2)CCCO1. The molecule has 0 N–H and O–H groups in total. The topological polar surface area (TPSA) is 50.1 Å². The minimum Gasteiger partial charge on any atom is -0.367 e. The van der Waals surface area contributed by atoms with E-state index in [4.69, 9.17) is 10.00 Å². The zero-order chi connectivity index (χ0) is 14.0. The van der Waals surface area contributed by atoms with E-state index >= 15 is 0 Å². The van der Waals surface area contributed by atoms with Crippen LogP contribution in [0.15, 0.2) is 18.2 Å². The smallest absolute Gasteiger partial charge is 0.185 e. The highest BCUT2D eigenvalue weighted by Crippen LogP contribution is 2.32. The van der Waals surface area contributed by atoms with Crippen molar-refractivity contribution in [1.29, 1.82) is 5.26 Å². The highest BCUT2D eigenvalue weighted by Gasteiger charge is 2.42. The van der Waals surface area contributed by atoms with Crippen LogP contribution in [0.5, 0.6) is 0 Å². The Bertz CT molecular complexity index is 525. The van der Waals surface area contributed by atoms with Crippen LogP contribution in [0.2, 0.25) is 0 Å². The van der Waals surface area contributed by atoms with E-state index in [0.717, 1.165) is 18.6 Å². The molecule has 0 spiro atoms. The molecule has 0 saturated carbocycles. The molecule has 0 aromatic heterocycles. The van der Waals surface area contributed by atoms with Gasteiger partial charge in [-0.2, -0.15) is 5.26 Å². The van der Waals surface area contributed by atoms with E-state index in [9.17, 15) is 13.6 Å². The first kappa shape index (κ1) is 13.6. The molecule has 5 heteroatoms. The van der Waals surface area contributed by atoms with Crippen molar-refractivity contribution in [2.45, 2.75) is 31.3 Å². The average molecular weight is 265 g/mol. The first-order chi connectivity index (χ1) is 8.96. The Morgan fingerprint density at radius 2 is 2.05 bits per heavy atom. The van der Waals surface area contributed by atoms with E-state index in [1.807, 2.05) is 6.07 Å². The van der Waals surface area contributed by atoms with Gasteiger partial charge < -0.3 is 4.74 Å². The van der Waals surface area contributed by atoms with Crippen molar-refractivity contribution in [3.8, 4) is 6.07 Å². The summed E-state index contributed by atoms with van der Waals surface area (Å²) in [5, 5.41) is 9.14. The molecule has 2 rings (SSSR count). The standard InChI is InChI=1S/C14H13F2NO2/c1-14(3-2-4-19-14)13(18)12(8-17)9-5-10(15)7-11(16)6-9/h5-7,12H,2-4H2,1H3. The van der Waals surface area contributed by atoms with Gasteiger partial charge in [0.05, 0.1) is 6.07 Å². The van der Waals surface area contributed by atoms with Crippen LogP contribution in [-0.4, -0.2) is 18.0 Å². The third kappa shape index (κ3) is 2.64. The number of nitriles is 1. The fourth-order valence-corrected chi connectivity index (χ4v) is 2.31. The number of Topliss-reactive ketones (excluding diaryl/α,β-unsaturated/α-hetero) is 1. The summed E-state index contributed by atoms with van der Waals surface area (Å²) in [5.41, 5.74) is -1.01. The maximum Gasteiger partial charge on any atom is 0.185 e. The van der Waals surface area contributed by atoms with Crippen molar-refractivity contribution in [2.24, 2.45) is 0 Å². The molecule has 1 heterocycles. The van der Waals surface area contributed by atoms with E-state index in [1.165, 1.54) is 0 Å². The fraction of sp³-hybridized carbons (Fsp3) is 0.429. The second-order valence-electron chi connectivity index (χ2n) is 4.81. The summed E-state index contributed by atoms with van der Waals surface area (Å²) in [6.45, 7) is 2.07. The zero-order valence-corrected chi connectivity index (χ0v) is 10.5. The number of nitrogens with zero attached hydrogens (tertiary/aromatic N) is 1. The van der Waals surface area contributed by atoms with Gasteiger partial charge in [-0.25, -0.2) is 8.78 Å². The number of carbonyl (C=O) groups excluding carboxylic acids is 1. The molecule has 1 aliphatic heterocycles. The van der Waals surface area contributed by atoms with Gasteiger partial charge in [-0.3, -0.25) is 4.79 Å². The molecule has 1 aromatic rings. The quantitative estimate of drug-likeness (QED) is 0.844. The Labute approximate surface area is 109 Å². The summed E-state index contributed by atoms with van der Waals surface area (Å²) in [4.78, 5) is 12.3. The number of rotatable bonds is 3. The first-order valence-corrected chi connectivity index (χ1v) is 6.00. The van der Waals surface area contributed by atoms with E-state index in [-0.39, 0.29) is 5.56 Å². The normalized spacial score (nSPS) is 23.9. The number of ketones is 1. The predicted octanol–water partition coefficient (Wildman–Crippen LogP) is 2.71. The Balaban J connectivity index is 2.35. The number of hydrogen-bond acceptors (Lipinski definition) is 3. The van der Waals surface area contributed by atoms with E-state index in [0.29, 0.717) is 19.1 Å². The zero-order valence-electron chi connectivity index (χ0n) is 10.5. The highest BCUT2D eigenvalue weighted by atomic mass is 19.1. The van der Waals surface area contributed by atoms with Crippen molar-refractivity contribution in [3.05, 3.63) is 35.4 Å². The molecular weight excluding hydrogens is 252 g/mol. The molecule has 3 nitrogen and oxygen atoms in total. The van der Waals surface area contributed by atoms with Crippen LogP contribution >= 0.6 is 0 Å². The van der Waals surface area contributed by atoms with Gasteiger partial charge in [0.2, 0.25) is 0 Å². The maximum atomic E-state index is 13.2. The van der Waals surface area contributed by atoms with Crippen LogP contribution in [0, 0.1) is 23.0 Å². The minimum absolute atomic E-state index is 0.0294. The number of hydrogen-bond donors (Lipinski definition) is 0. The predicted molar refractivity (Wildman–Crippen MR) is 63.3 cm³/mol. The van der Waals surface area contributed by atoms with Gasteiger partial charge >= 0.3 is 0 Å². The van der Waals surface area contributed by atoms with Crippen LogP contribution in [-0.2, 0) is 9.53 Å². The summed E-state index contributed by atoms with van der Waals surface area (Å²) in [5.74, 6) is -3.27. The number of benzene rings is 1. The van der Waals surface area contributed by atoms with Crippen LogP contribution in [0.3, 0.4) is 0 Å². The van der Waals surface area contributed by atoms with E-state index < -0.39 is 28.9 Å². The van der Waals surface area contributed by atoms with Gasteiger partial charge in [-0.05, 0) is 37.5 Å². The molecule has 0 radical (unpaired) electrons. The monoisotopic (exact) mass is 265 g/mol. The lowest BCUT2D eigenvalue weighted by Crippen LogP contribution is -2.38. The Morgan fingerprint density at radius 1 is 1.42 bits per heavy atom. The number of carbonyl (C=O) groups is 1. The Morgan fingerprint density at radius 3 is 2.53 bits per heavy atom. The molecule has 19 heavy (non-hydrogen) atoms. The number of ether oxygens (including phenoxy) is 1. The lowest BCUT2D eigenvalue weighted by molar-refractivity contribution is -0.137. The molecule has 2 atom stereocenters. The van der Waals surface area contributed by atoms with Gasteiger partial charge in [0.15, 0.2) is 5.78 Å². The van der Waals surface area contributed by atoms with Gasteiger partial charge in [0.25, 0.3) is 0 Å². The summed E-state index contributed by atoms with van der Waals surface area (Å²) in [6.07, 6.45) is 1.25. The first-order valence-electron chi connectivity index (χ1n) is 6.00. The van der Waals surface area contributed by atoms with Crippen LogP contribution in [0.4, 0.5) is 8.78 Å². The molecule has 0 amide bonds. The maximum absolute atomic E-state index is 13.2.